The van der Waals surface area contributed by atoms with E-state index in [1.807, 2.05) is 30.3 Å². The summed E-state index contributed by atoms with van der Waals surface area (Å²) in [6.45, 7) is 0.408. The van der Waals surface area contributed by atoms with Gasteiger partial charge in [-0.25, -0.2) is 4.79 Å². The smallest absolute Gasteiger partial charge is 0.336 e. The molecule has 0 aliphatic carbocycles. The van der Waals surface area contributed by atoms with E-state index in [2.05, 4.69) is 15.9 Å². The van der Waals surface area contributed by atoms with Gasteiger partial charge in [0.25, 0.3) is 0 Å². The average Bonchev–Trinajstić information content (AvgIpc) is 2.52. The second-order valence-electron chi connectivity index (χ2n) is 4.71. The van der Waals surface area contributed by atoms with Gasteiger partial charge in [-0.2, -0.15) is 0 Å². The standard InChI is InChI=1S/C17H13BrO4/c1-20-15-6-2-11(8-14(15)18)10-21-13-5-3-12-4-7-17(19)22-16(12)9-13/h2-9H,10H2,1H3. The lowest BCUT2D eigenvalue weighted by Gasteiger charge is -2.09. The predicted molar refractivity (Wildman–Crippen MR) is 87.5 cm³/mol. The van der Waals surface area contributed by atoms with Crippen LogP contribution in [-0.2, 0) is 6.61 Å². The molecule has 0 radical (unpaired) electrons. The van der Waals surface area contributed by atoms with Crippen molar-refractivity contribution in [3.8, 4) is 11.5 Å². The number of hydrogen-bond donors (Lipinski definition) is 0. The maximum atomic E-state index is 11.2. The van der Waals surface area contributed by atoms with Crippen LogP contribution in [0.2, 0.25) is 0 Å². The molecule has 0 spiro atoms. The topological polar surface area (TPSA) is 48.7 Å². The van der Waals surface area contributed by atoms with Crippen molar-refractivity contribution >= 4 is 26.9 Å². The van der Waals surface area contributed by atoms with Crippen molar-refractivity contribution in [3.05, 3.63) is 69.0 Å². The Morgan fingerprint density at radius 2 is 1.91 bits per heavy atom. The van der Waals surface area contributed by atoms with Crippen molar-refractivity contribution in [2.45, 2.75) is 6.61 Å². The highest BCUT2D eigenvalue weighted by atomic mass is 79.9. The van der Waals surface area contributed by atoms with E-state index in [0.29, 0.717) is 17.9 Å². The van der Waals surface area contributed by atoms with Crippen LogP contribution in [0.4, 0.5) is 0 Å². The Balaban J connectivity index is 1.78. The van der Waals surface area contributed by atoms with Gasteiger partial charge in [0.15, 0.2) is 0 Å². The van der Waals surface area contributed by atoms with Crippen LogP contribution in [0.5, 0.6) is 11.5 Å². The summed E-state index contributed by atoms with van der Waals surface area (Å²) >= 11 is 3.44. The van der Waals surface area contributed by atoms with Gasteiger partial charge in [-0.05, 0) is 51.8 Å². The molecule has 1 heterocycles. The Labute approximate surface area is 135 Å². The summed E-state index contributed by atoms with van der Waals surface area (Å²) in [7, 11) is 1.62. The first kappa shape index (κ1) is 14.7. The molecule has 0 bridgehead atoms. The molecule has 1 aromatic heterocycles. The highest BCUT2D eigenvalue weighted by Crippen LogP contribution is 2.26. The number of benzene rings is 2. The third kappa shape index (κ3) is 3.14. The van der Waals surface area contributed by atoms with Gasteiger partial charge in [0.2, 0.25) is 0 Å². The molecular weight excluding hydrogens is 348 g/mol. The number of fused-ring (bicyclic) bond motifs is 1. The first-order chi connectivity index (χ1) is 10.7. The molecule has 0 atom stereocenters. The van der Waals surface area contributed by atoms with Crippen LogP contribution in [0.1, 0.15) is 5.56 Å². The van der Waals surface area contributed by atoms with Crippen LogP contribution < -0.4 is 15.1 Å². The fraction of sp³-hybridized carbons (Fsp3) is 0.118. The van der Waals surface area contributed by atoms with E-state index in [4.69, 9.17) is 13.9 Å². The van der Waals surface area contributed by atoms with Gasteiger partial charge < -0.3 is 13.9 Å². The second-order valence-corrected chi connectivity index (χ2v) is 5.57. The third-order valence-electron chi connectivity index (χ3n) is 3.22. The van der Waals surface area contributed by atoms with Gasteiger partial charge in [0.05, 0.1) is 11.6 Å². The minimum absolute atomic E-state index is 0.372. The Hall–Kier alpha value is -2.27. The molecule has 0 unspecified atom stereocenters. The molecule has 0 saturated carbocycles. The lowest BCUT2D eigenvalue weighted by molar-refractivity contribution is 0.305. The molecule has 0 saturated heterocycles. The molecule has 0 aliphatic heterocycles. The van der Waals surface area contributed by atoms with Gasteiger partial charge in [-0.15, -0.1) is 0 Å². The zero-order valence-corrected chi connectivity index (χ0v) is 13.4. The van der Waals surface area contributed by atoms with E-state index in [9.17, 15) is 4.79 Å². The van der Waals surface area contributed by atoms with E-state index in [1.54, 1.807) is 19.2 Å². The molecule has 112 valence electrons. The van der Waals surface area contributed by atoms with Crippen LogP contribution >= 0.6 is 15.9 Å². The number of methoxy groups -OCH3 is 1. The maximum Gasteiger partial charge on any atom is 0.336 e. The molecule has 4 nitrogen and oxygen atoms in total. The monoisotopic (exact) mass is 360 g/mol. The molecule has 3 rings (SSSR count). The molecule has 0 N–H and O–H groups in total. The van der Waals surface area contributed by atoms with Crippen molar-refractivity contribution in [3.63, 3.8) is 0 Å². The van der Waals surface area contributed by atoms with Crippen molar-refractivity contribution in [2.75, 3.05) is 7.11 Å². The van der Waals surface area contributed by atoms with Crippen LogP contribution in [0.3, 0.4) is 0 Å². The van der Waals surface area contributed by atoms with Gasteiger partial charge in [0.1, 0.15) is 23.7 Å². The summed E-state index contributed by atoms with van der Waals surface area (Å²) in [4.78, 5) is 11.2. The Bertz CT molecular complexity index is 870. The Morgan fingerprint density at radius 1 is 1.09 bits per heavy atom. The van der Waals surface area contributed by atoms with Crippen LogP contribution in [0, 0.1) is 0 Å². The first-order valence-electron chi connectivity index (χ1n) is 6.65. The molecule has 0 amide bonds. The lowest BCUT2D eigenvalue weighted by Crippen LogP contribution is -1.97. The minimum atomic E-state index is -0.372. The zero-order chi connectivity index (χ0) is 15.5. The largest absolute Gasteiger partial charge is 0.496 e. The molecule has 22 heavy (non-hydrogen) atoms. The van der Waals surface area contributed by atoms with E-state index >= 15 is 0 Å². The van der Waals surface area contributed by atoms with E-state index in [-0.39, 0.29) is 5.63 Å². The SMILES string of the molecule is COc1ccc(COc2ccc3ccc(=O)oc3c2)cc1Br. The Kier molecular flexibility index (Phi) is 4.15. The number of halogens is 1. The average molecular weight is 361 g/mol. The number of hydrogen-bond acceptors (Lipinski definition) is 4. The first-order valence-corrected chi connectivity index (χ1v) is 7.44. The van der Waals surface area contributed by atoms with Gasteiger partial charge >= 0.3 is 5.63 Å². The summed E-state index contributed by atoms with van der Waals surface area (Å²) in [5.41, 5.74) is 1.15. The summed E-state index contributed by atoms with van der Waals surface area (Å²) in [5, 5.41) is 0.860. The van der Waals surface area contributed by atoms with Crippen molar-refractivity contribution in [1.29, 1.82) is 0 Å². The highest BCUT2D eigenvalue weighted by Gasteiger charge is 2.04. The molecule has 0 aliphatic rings. The summed E-state index contributed by atoms with van der Waals surface area (Å²) in [6.07, 6.45) is 0. The van der Waals surface area contributed by atoms with Crippen molar-refractivity contribution < 1.29 is 13.9 Å². The fourth-order valence-electron chi connectivity index (χ4n) is 2.10. The molecule has 2 aromatic carbocycles. The fourth-order valence-corrected chi connectivity index (χ4v) is 2.69. The number of rotatable bonds is 4. The Morgan fingerprint density at radius 3 is 2.68 bits per heavy atom. The normalized spacial score (nSPS) is 10.6. The predicted octanol–water partition coefficient (Wildman–Crippen LogP) is 4.14. The molecule has 0 fully saturated rings. The van der Waals surface area contributed by atoms with Crippen LogP contribution in [0.15, 0.2) is 62.2 Å². The lowest BCUT2D eigenvalue weighted by atomic mass is 10.2. The molecular formula is C17H13BrO4. The molecule has 5 heteroatoms. The minimum Gasteiger partial charge on any atom is -0.496 e. The molecule has 3 aromatic rings. The van der Waals surface area contributed by atoms with Gasteiger partial charge in [0, 0.05) is 17.5 Å². The maximum absolute atomic E-state index is 11.2. The highest BCUT2D eigenvalue weighted by molar-refractivity contribution is 9.10. The van der Waals surface area contributed by atoms with Crippen molar-refractivity contribution in [1.82, 2.24) is 0 Å². The summed E-state index contributed by atoms with van der Waals surface area (Å²) in [5.74, 6) is 1.42. The number of ether oxygens (including phenoxy) is 2. The second kappa shape index (κ2) is 6.23. The summed E-state index contributed by atoms with van der Waals surface area (Å²) in [6, 6.07) is 14.3. The van der Waals surface area contributed by atoms with Gasteiger partial charge in [-0.3, -0.25) is 0 Å². The van der Waals surface area contributed by atoms with Gasteiger partial charge in [-0.1, -0.05) is 6.07 Å². The zero-order valence-electron chi connectivity index (χ0n) is 11.8. The van der Waals surface area contributed by atoms with Crippen molar-refractivity contribution in [2.24, 2.45) is 0 Å². The van der Waals surface area contributed by atoms with Crippen LogP contribution in [0.25, 0.3) is 11.0 Å². The van der Waals surface area contributed by atoms with E-state index in [1.165, 1.54) is 6.07 Å². The van der Waals surface area contributed by atoms with E-state index < -0.39 is 0 Å². The third-order valence-corrected chi connectivity index (χ3v) is 3.84. The van der Waals surface area contributed by atoms with E-state index in [0.717, 1.165) is 21.2 Å². The van der Waals surface area contributed by atoms with Crippen LogP contribution in [-0.4, -0.2) is 7.11 Å². The quantitative estimate of drug-likeness (QED) is 0.656. The summed E-state index contributed by atoms with van der Waals surface area (Å²) < 4.78 is 17.0.